The van der Waals surface area contributed by atoms with Crippen molar-refractivity contribution in [3.05, 3.63) is 70.9 Å². The van der Waals surface area contributed by atoms with Gasteiger partial charge < -0.3 is 20.5 Å². The van der Waals surface area contributed by atoms with E-state index in [4.69, 9.17) is 4.74 Å². The fourth-order valence-corrected chi connectivity index (χ4v) is 4.95. The summed E-state index contributed by atoms with van der Waals surface area (Å²) in [6.07, 6.45) is 0.848. The molecule has 0 radical (unpaired) electrons. The molecular formula is C25H25N3O5S. The van der Waals surface area contributed by atoms with Gasteiger partial charge in [-0.2, -0.15) is 4.37 Å². The quantitative estimate of drug-likeness (QED) is 0.380. The highest BCUT2D eigenvalue weighted by Gasteiger charge is 2.29. The fourth-order valence-electron chi connectivity index (χ4n) is 4.15. The van der Waals surface area contributed by atoms with Crippen LogP contribution < -0.4 is 10.6 Å². The van der Waals surface area contributed by atoms with E-state index in [1.54, 1.807) is 6.92 Å². The number of carbonyl (C=O) groups is 3. The first kappa shape index (κ1) is 23.4. The number of hydrogen-bond acceptors (Lipinski definition) is 6. The van der Waals surface area contributed by atoms with E-state index in [0.717, 1.165) is 22.7 Å². The van der Waals surface area contributed by atoms with Gasteiger partial charge in [-0.1, -0.05) is 48.5 Å². The Hall–Kier alpha value is -3.72. The van der Waals surface area contributed by atoms with Crippen molar-refractivity contribution in [1.82, 2.24) is 9.69 Å². The molecule has 2 aromatic carbocycles. The zero-order valence-corrected chi connectivity index (χ0v) is 19.5. The summed E-state index contributed by atoms with van der Waals surface area (Å²) in [5.41, 5.74) is 5.06. The maximum atomic E-state index is 12.2. The van der Waals surface area contributed by atoms with Crippen molar-refractivity contribution >= 4 is 34.5 Å². The molecule has 3 aromatic rings. The van der Waals surface area contributed by atoms with Crippen molar-refractivity contribution < 1.29 is 24.2 Å². The Labute approximate surface area is 201 Å². The first-order valence-electron chi connectivity index (χ1n) is 11.0. The van der Waals surface area contributed by atoms with Gasteiger partial charge in [0.05, 0.1) is 5.69 Å². The van der Waals surface area contributed by atoms with Crippen molar-refractivity contribution in [3.63, 3.8) is 0 Å². The molecule has 0 atom stereocenters. The summed E-state index contributed by atoms with van der Waals surface area (Å²) in [5, 5.41) is 14.8. The maximum absolute atomic E-state index is 12.2. The average molecular weight is 480 g/mol. The van der Waals surface area contributed by atoms with Crippen LogP contribution in [0.4, 0.5) is 9.80 Å². The number of alkyl carbamates (subject to hydrolysis) is 1. The molecule has 0 aliphatic heterocycles. The van der Waals surface area contributed by atoms with Gasteiger partial charge in [0.2, 0.25) is 5.91 Å². The second kappa shape index (κ2) is 10.5. The Morgan fingerprint density at radius 2 is 1.68 bits per heavy atom. The number of fused-ring (bicyclic) bond motifs is 3. The summed E-state index contributed by atoms with van der Waals surface area (Å²) < 4.78 is 9.47. The lowest BCUT2D eigenvalue weighted by molar-refractivity contribution is -0.116. The minimum atomic E-state index is -1.12. The van der Waals surface area contributed by atoms with Crippen molar-refractivity contribution in [1.29, 1.82) is 0 Å². The monoisotopic (exact) mass is 479 g/mol. The summed E-state index contributed by atoms with van der Waals surface area (Å²) in [7, 11) is 0. The second-order valence-corrected chi connectivity index (χ2v) is 8.81. The number of rotatable bonds is 9. The molecule has 0 spiro atoms. The van der Waals surface area contributed by atoms with Crippen molar-refractivity contribution in [2.45, 2.75) is 32.1 Å². The van der Waals surface area contributed by atoms with Crippen molar-refractivity contribution in [3.8, 4) is 11.1 Å². The molecule has 0 saturated carbocycles. The maximum Gasteiger partial charge on any atom is 0.407 e. The Bertz CT molecular complexity index is 1180. The summed E-state index contributed by atoms with van der Waals surface area (Å²) in [5.74, 6) is -1.39. The number of hydrogen-bond donors (Lipinski definition) is 3. The fraction of sp³-hybridized carbons (Fsp3) is 0.280. The van der Waals surface area contributed by atoms with Crippen molar-refractivity contribution in [2.24, 2.45) is 0 Å². The largest absolute Gasteiger partial charge is 0.478 e. The number of anilines is 1. The number of amides is 2. The summed E-state index contributed by atoms with van der Waals surface area (Å²) >= 11 is 0.951. The van der Waals surface area contributed by atoms with E-state index in [2.05, 4.69) is 39.3 Å². The van der Waals surface area contributed by atoms with Crippen LogP contribution in [0.15, 0.2) is 48.5 Å². The molecule has 176 valence electrons. The standard InChI is InChI=1S/C25H25N3O5S/c1-15-22(24(30)31)23(34-28-15)27-21(29)12-6-7-13-26-25(32)33-14-20-18-10-4-2-8-16(18)17-9-3-5-11-19(17)20/h2-5,8-11,20H,6-7,12-14H2,1H3,(H,26,32)(H,27,29)(H,30,31). The summed E-state index contributed by atoms with van der Waals surface area (Å²) in [6, 6.07) is 16.3. The van der Waals surface area contributed by atoms with E-state index in [-0.39, 0.29) is 35.4 Å². The van der Waals surface area contributed by atoms with Gasteiger partial charge in [0, 0.05) is 18.9 Å². The first-order chi connectivity index (χ1) is 16.5. The van der Waals surface area contributed by atoms with E-state index < -0.39 is 12.1 Å². The third kappa shape index (κ3) is 5.09. The third-order valence-corrected chi connectivity index (χ3v) is 6.63. The highest BCUT2D eigenvalue weighted by atomic mass is 32.1. The number of unbranched alkanes of at least 4 members (excludes halogenated alkanes) is 1. The van der Waals surface area contributed by atoms with Gasteiger partial charge in [-0.25, -0.2) is 9.59 Å². The number of aromatic nitrogens is 1. The van der Waals surface area contributed by atoms with Crippen LogP contribution in [0.3, 0.4) is 0 Å². The molecule has 34 heavy (non-hydrogen) atoms. The molecule has 4 rings (SSSR count). The smallest absolute Gasteiger partial charge is 0.407 e. The Kier molecular flexibility index (Phi) is 7.22. The molecule has 1 aromatic heterocycles. The van der Waals surface area contributed by atoms with E-state index in [1.165, 1.54) is 11.1 Å². The Morgan fingerprint density at radius 1 is 1.03 bits per heavy atom. The second-order valence-electron chi connectivity index (χ2n) is 8.03. The number of aromatic carboxylic acids is 1. The number of aryl methyl sites for hydroxylation is 1. The molecular weight excluding hydrogens is 454 g/mol. The molecule has 1 aliphatic carbocycles. The van der Waals surface area contributed by atoms with Gasteiger partial charge in [-0.15, -0.1) is 0 Å². The van der Waals surface area contributed by atoms with Crippen LogP contribution in [0.1, 0.15) is 52.4 Å². The molecule has 0 unspecified atom stereocenters. The Balaban J connectivity index is 1.18. The predicted octanol–water partition coefficient (Wildman–Crippen LogP) is 4.80. The van der Waals surface area contributed by atoms with Crippen LogP contribution in [-0.4, -0.2) is 40.6 Å². The summed E-state index contributed by atoms with van der Waals surface area (Å²) in [4.78, 5) is 35.6. The third-order valence-electron chi connectivity index (χ3n) is 5.77. The van der Waals surface area contributed by atoms with E-state index in [0.29, 0.717) is 25.1 Å². The molecule has 0 bridgehead atoms. The van der Waals surface area contributed by atoms with E-state index >= 15 is 0 Å². The van der Waals surface area contributed by atoms with Gasteiger partial charge in [-0.3, -0.25) is 4.79 Å². The molecule has 8 nitrogen and oxygen atoms in total. The van der Waals surface area contributed by atoms with Gasteiger partial charge in [0.1, 0.15) is 17.2 Å². The van der Waals surface area contributed by atoms with Crippen molar-refractivity contribution in [2.75, 3.05) is 18.5 Å². The minimum absolute atomic E-state index is 0.00733. The van der Waals surface area contributed by atoms with Crippen LogP contribution in [0.5, 0.6) is 0 Å². The SMILES string of the molecule is Cc1nsc(NC(=O)CCCCNC(=O)OCC2c3ccccc3-c3ccccc32)c1C(=O)O. The number of nitrogens with zero attached hydrogens (tertiary/aromatic N) is 1. The Morgan fingerprint density at radius 3 is 2.32 bits per heavy atom. The van der Waals surface area contributed by atoms with Crippen LogP contribution in [-0.2, 0) is 9.53 Å². The lowest BCUT2D eigenvalue weighted by atomic mass is 9.98. The van der Waals surface area contributed by atoms with Crippen LogP contribution in [0, 0.1) is 6.92 Å². The first-order valence-corrected chi connectivity index (χ1v) is 11.8. The zero-order valence-electron chi connectivity index (χ0n) is 18.7. The van der Waals surface area contributed by atoms with Crippen LogP contribution >= 0.6 is 11.5 Å². The van der Waals surface area contributed by atoms with Gasteiger partial charge in [-0.05, 0) is 53.6 Å². The molecule has 2 amide bonds. The number of nitrogens with one attached hydrogen (secondary N) is 2. The van der Waals surface area contributed by atoms with E-state index in [9.17, 15) is 19.5 Å². The summed E-state index contributed by atoms with van der Waals surface area (Å²) in [6.45, 7) is 2.22. The predicted molar refractivity (Wildman–Crippen MR) is 129 cm³/mol. The van der Waals surface area contributed by atoms with Gasteiger partial charge in [0.25, 0.3) is 0 Å². The molecule has 9 heteroatoms. The molecule has 0 fully saturated rings. The lowest BCUT2D eigenvalue weighted by Crippen LogP contribution is -2.27. The van der Waals surface area contributed by atoms with Gasteiger partial charge in [0.15, 0.2) is 0 Å². The van der Waals surface area contributed by atoms with Crippen LogP contribution in [0.2, 0.25) is 0 Å². The lowest BCUT2D eigenvalue weighted by Gasteiger charge is -2.14. The number of carboxylic acid groups (broad SMARTS) is 1. The van der Waals surface area contributed by atoms with Gasteiger partial charge >= 0.3 is 12.1 Å². The average Bonchev–Trinajstić information content (AvgIpc) is 3.35. The molecule has 3 N–H and O–H groups in total. The molecule has 1 aliphatic rings. The normalized spacial score (nSPS) is 12.0. The van der Waals surface area contributed by atoms with Crippen LogP contribution in [0.25, 0.3) is 11.1 Å². The number of benzene rings is 2. The number of ether oxygens (including phenoxy) is 1. The topological polar surface area (TPSA) is 118 Å². The number of carboxylic acids is 1. The molecule has 0 saturated heterocycles. The van der Waals surface area contributed by atoms with E-state index in [1.807, 2.05) is 24.3 Å². The molecule has 1 heterocycles. The highest BCUT2D eigenvalue weighted by molar-refractivity contribution is 7.11. The highest BCUT2D eigenvalue weighted by Crippen LogP contribution is 2.44. The number of carbonyl (C=O) groups excluding carboxylic acids is 2. The zero-order chi connectivity index (χ0) is 24.1. The minimum Gasteiger partial charge on any atom is -0.478 e.